The van der Waals surface area contributed by atoms with E-state index in [0.717, 1.165) is 6.54 Å². The largest absolute Gasteiger partial charge is 0.209 e. The summed E-state index contributed by atoms with van der Waals surface area (Å²) in [6.45, 7) is 7.78. The van der Waals surface area contributed by atoms with Gasteiger partial charge in [0.05, 0.1) is 5.41 Å². The topological polar surface area (TPSA) is 3.01 Å². The first-order valence-electron chi connectivity index (χ1n) is 4.87. The predicted octanol–water partition coefficient (Wildman–Crippen LogP) is 2.71. The quantitative estimate of drug-likeness (QED) is 0.576. The molecule has 1 heterocycles. The normalized spacial score (nSPS) is 18.2. The van der Waals surface area contributed by atoms with Crippen molar-refractivity contribution in [2.75, 3.05) is 6.54 Å². The van der Waals surface area contributed by atoms with E-state index in [9.17, 15) is 0 Å². The fourth-order valence-corrected chi connectivity index (χ4v) is 2.06. The van der Waals surface area contributed by atoms with Crippen LogP contribution in [0.4, 0.5) is 5.69 Å². The highest BCUT2D eigenvalue weighted by Gasteiger charge is 2.35. The van der Waals surface area contributed by atoms with Crippen LogP contribution in [0.5, 0.6) is 0 Å². The monoisotopic (exact) mass is 174 g/mol. The van der Waals surface area contributed by atoms with E-state index in [4.69, 9.17) is 0 Å². The van der Waals surface area contributed by atoms with Gasteiger partial charge in [-0.05, 0) is 20.8 Å². The Kier molecular flexibility index (Phi) is 1.76. The van der Waals surface area contributed by atoms with Crippen LogP contribution in [0, 0.1) is 0 Å². The standard InChI is InChI=1S/C12H16N/c1-4-13-9-12(2,3)10-7-5-6-8-11(10)13/h5-9H,4H2,1-3H3/q+1. The molecule has 0 aliphatic carbocycles. The second kappa shape index (κ2) is 2.69. The van der Waals surface area contributed by atoms with Crippen LogP contribution >= 0.6 is 0 Å². The first-order valence-corrected chi connectivity index (χ1v) is 4.87. The summed E-state index contributed by atoms with van der Waals surface area (Å²) in [5.41, 5.74) is 3.01. The summed E-state index contributed by atoms with van der Waals surface area (Å²) < 4.78 is 2.33. The van der Waals surface area contributed by atoms with Gasteiger partial charge in [0.15, 0.2) is 6.21 Å². The van der Waals surface area contributed by atoms with E-state index < -0.39 is 0 Å². The van der Waals surface area contributed by atoms with E-state index in [2.05, 4.69) is 55.8 Å². The van der Waals surface area contributed by atoms with Gasteiger partial charge in [0.25, 0.3) is 0 Å². The van der Waals surface area contributed by atoms with Crippen molar-refractivity contribution in [1.29, 1.82) is 0 Å². The van der Waals surface area contributed by atoms with Gasteiger partial charge in [0.1, 0.15) is 6.54 Å². The summed E-state index contributed by atoms with van der Waals surface area (Å²) in [5, 5.41) is 0. The Morgan fingerprint density at radius 3 is 2.62 bits per heavy atom. The molecule has 0 radical (unpaired) electrons. The van der Waals surface area contributed by atoms with Crippen molar-refractivity contribution in [3.8, 4) is 0 Å². The molecular formula is C12H16N+. The Labute approximate surface area is 79.7 Å². The zero-order valence-corrected chi connectivity index (χ0v) is 8.54. The lowest BCUT2D eigenvalue weighted by molar-refractivity contribution is -0.428. The van der Waals surface area contributed by atoms with Crippen LogP contribution in [0.2, 0.25) is 0 Å². The van der Waals surface area contributed by atoms with Gasteiger partial charge in [-0.3, -0.25) is 0 Å². The predicted molar refractivity (Wildman–Crippen MR) is 56.0 cm³/mol. The number of benzene rings is 1. The van der Waals surface area contributed by atoms with Crippen LogP contribution in [-0.2, 0) is 5.41 Å². The first-order chi connectivity index (χ1) is 6.15. The molecule has 0 saturated carbocycles. The smallest absolute Gasteiger partial charge is 0.202 e. The highest BCUT2D eigenvalue weighted by Crippen LogP contribution is 2.35. The van der Waals surface area contributed by atoms with Crippen LogP contribution in [0.25, 0.3) is 0 Å². The molecule has 1 nitrogen and oxygen atoms in total. The SMILES string of the molecule is CC[N+]1=CC(C)(C)c2ccccc21. The van der Waals surface area contributed by atoms with Gasteiger partial charge < -0.3 is 0 Å². The second-order valence-corrected chi connectivity index (χ2v) is 4.15. The van der Waals surface area contributed by atoms with Gasteiger partial charge in [0.2, 0.25) is 5.69 Å². The third-order valence-corrected chi connectivity index (χ3v) is 2.73. The Hall–Kier alpha value is -1.11. The van der Waals surface area contributed by atoms with Crippen molar-refractivity contribution in [2.24, 2.45) is 0 Å². The molecule has 0 fully saturated rings. The zero-order chi connectivity index (χ0) is 9.47. The third-order valence-electron chi connectivity index (χ3n) is 2.73. The number of para-hydroxylation sites is 1. The highest BCUT2D eigenvalue weighted by molar-refractivity contribution is 5.76. The molecule has 1 heteroatoms. The molecule has 0 bridgehead atoms. The van der Waals surface area contributed by atoms with Crippen molar-refractivity contribution in [3.05, 3.63) is 29.8 Å². The molecule has 2 rings (SSSR count). The lowest BCUT2D eigenvalue weighted by Gasteiger charge is -2.09. The Bertz CT molecular complexity index is 361. The number of hydrogen-bond donors (Lipinski definition) is 0. The molecule has 13 heavy (non-hydrogen) atoms. The second-order valence-electron chi connectivity index (χ2n) is 4.15. The number of fused-ring (bicyclic) bond motifs is 1. The molecule has 68 valence electrons. The average molecular weight is 174 g/mol. The minimum absolute atomic E-state index is 0.201. The Balaban J connectivity index is 2.61. The summed E-state index contributed by atoms with van der Waals surface area (Å²) in [4.78, 5) is 0. The van der Waals surface area contributed by atoms with E-state index in [1.165, 1.54) is 11.3 Å². The van der Waals surface area contributed by atoms with Crippen molar-refractivity contribution in [1.82, 2.24) is 0 Å². The van der Waals surface area contributed by atoms with E-state index in [1.807, 2.05) is 0 Å². The molecule has 0 atom stereocenters. The maximum Gasteiger partial charge on any atom is 0.209 e. The summed E-state index contributed by atoms with van der Waals surface area (Å²) in [5.74, 6) is 0. The van der Waals surface area contributed by atoms with Gasteiger partial charge in [-0.1, -0.05) is 18.2 Å². The van der Waals surface area contributed by atoms with Crippen LogP contribution in [0.15, 0.2) is 24.3 Å². The zero-order valence-electron chi connectivity index (χ0n) is 8.54. The molecule has 1 aliphatic rings. The van der Waals surface area contributed by atoms with Crippen LogP contribution < -0.4 is 0 Å². The molecule has 0 spiro atoms. The minimum atomic E-state index is 0.201. The van der Waals surface area contributed by atoms with Gasteiger partial charge in [0, 0.05) is 11.6 Å². The summed E-state index contributed by atoms with van der Waals surface area (Å²) in [7, 11) is 0. The Morgan fingerprint density at radius 2 is 1.92 bits per heavy atom. The van der Waals surface area contributed by atoms with Crippen molar-refractivity contribution in [2.45, 2.75) is 26.2 Å². The van der Waals surface area contributed by atoms with Gasteiger partial charge >= 0.3 is 0 Å². The van der Waals surface area contributed by atoms with Crippen molar-refractivity contribution >= 4 is 11.9 Å². The molecule has 1 aliphatic heterocycles. The fraction of sp³-hybridized carbons (Fsp3) is 0.417. The molecular weight excluding hydrogens is 158 g/mol. The number of hydrogen-bond acceptors (Lipinski definition) is 0. The molecule has 0 N–H and O–H groups in total. The first kappa shape index (κ1) is 8.49. The Morgan fingerprint density at radius 1 is 1.23 bits per heavy atom. The molecule has 0 saturated heterocycles. The number of nitrogens with zero attached hydrogens (tertiary/aromatic N) is 1. The average Bonchev–Trinajstić information content (AvgIpc) is 2.39. The van der Waals surface area contributed by atoms with E-state index >= 15 is 0 Å². The third kappa shape index (κ3) is 1.19. The lowest BCUT2D eigenvalue weighted by Crippen LogP contribution is -2.16. The molecule has 1 aromatic rings. The van der Waals surface area contributed by atoms with Gasteiger partial charge in [-0.15, -0.1) is 0 Å². The van der Waals surface area contributed by atoms with Gasteiger partial charge in [-0.2, -0.15) is 0 Å². The molecule has 1 aromatic carbocycles. The molecule has 0 unspecified atom stereocenters. The maximum atomic E-state index is 2.33. The molecule has 0 aromatic heterocycles. The summed E-state index contributed by atoms with van der Waals surface area (Å²) in [6, 6.07) is 8.65. The van der Waals surface area contributed by atoms with Crippen molar-refractivity contribution in [3.63, 3.8) is 0 Å². The highest BCUT2D eigenvalue weighted by atomic mass is 15.0. The van der Waals surface area contributed by atoms with Crippen LogP contribution in [-0.4, -0.2) is 17.3 Å². The summed E-state index contributed by atoms with van der Waals surface area (Å²) in [6.07, 6.45) is 2.32. The minimum Gasteiger partial charge on any atom is -0.202 e. The summed E-state index contributed by atoms with van der Waals surface area (Å²) >= 11 is 0. The maximum absolute atomic E-state index is 2.33. The number of rotatable bonds is 1. The van der Waals surface area contributed by atoms with Crippen molar-refractivity contribution < 1.29 is 4.58 Å². The van der Waals surface area contributed by atoms with Crippen LogP contribution in [0.3, 0.4) is 0 Å². The van der Waals surface area contributed by atoms with E-state index in [1.54, 1.807) is 0 Å². The van der Waals surface area contributed by atoms with Gasteiger partial charge in [-0.25, -0.2) is 4.58 Å². The van der Waals surface area contributed by atoms with E-state index in [0.29, 0.717) is 0 Å². The lowest BCUT2D eigenvalue weighted by atomic mass is 9.87. The molecule has 0 amide bonds. The fourth-order valence-electron chi connectivity index (χ4n) is 2.06. The van der Waals surface area contributed by atoms with E-state index in [-0.39, 0.29) is 5.41 Å². The van der Waals surface area contributed by atoms with Crippen LogP contribution in [0.1, 0.15) is 26.3 Å².